The average molecular weight is 314 g/mol. The molecule has 0 spiro atoms. The summed E-state index contributed by atoms with van der Waals surface area (Å²) in [7, 11) is -2.30. The molecule has 1 heterocycles. The Labute approximate surface area is 124 Å². The van der Waals surface area contributed by atoms with Crippen LogP contribution in [-0.2, 0) is 26.1 Å². The fourth-order valence-electron chi connectivity index (χ4n) is 1.70. The van der Waals surface area contributed by atoms with E-state index in [1.54, 1.807) is 12.1 Å². The van der Waals surface area contributed by atoms with Gasteiger partial charge in [-0.1, -0.05) is 0 Å². The SMILES string of the molecule is COC(=O)CCCS(=O)(=O)N(CCC#N)Cc1ccco1. The minimum atomic E-state index is -3.56. The fourth-order valence-corrected chi connectivity index (χ4v) is 3.16. The molecule has 0 saturated heterocycles. The van der Waals surface area contributed by atoms with Crippen LogP contribution in [0, 0.1) is 11.3 Å². The number of nitriles is 1. The number of sulfonamides is 1. The third kappa shape index (κ3) is 5.97. The van der Waals surface area contributed by atoms with Gasteiger partial charge in [0.2, 0.25) is 10.0 Å². The summed E-state index contributed by atoms with van der Waals surface area (Å²) in [6, 6.07) is 5.26. The standard InChI is InChI=1S/C13H18N2O5S/c1-19-13(16)6-3-10-21(17,18)15(8-4-7-14)11-12-5-2-9-20-12/h2,5,9H,3-4,6,8,10-11H2,1H3. The molecule has 0 aliphatic rings. The molecule has 1 aromatic rings. The van der Waals surface area contributed by atoms with Gasteiger partial charge in [-0.2, -0.15) is 9.57 Å². The Morgan fingerprint density at radius 2 is 2.29 bits per heavy atom. The van der Waals surface area contributed by atoms with Gasteiger partial charge in [-0.15, -0.1) is 0 Å². The smallest absolute Gasteiger partial charge is 0.305 e. The summed E-state index contributed by atoms with van der Waals surface area (Å²) in [5.41, 5.74) is 0. The van der Waals surface area contributed by atoms with E-state index in [4.69, 9.17) is 9.68 Å². The van der Waals surface area contributed by atoms with Gasteiger partial charge in [-0.05, 0) is 18.6 Å². The first kappa shape index (κ1) is 17.2. The highest BCUT2D eigenvalue weighted by molar-refractivity contribution is 7.89. The van der Waals surface area contributed by atoms with Crippen LogP contribution in [-0.4, -0.2) is 38.1 Å². The number of furan rings is 1. The number of methoxy groups -OCH3 is 1. The van der Waals surface area contributed by atoms with Crippen LogP contribution in [0.15, 0.2) is 22.8 Å². The van der Waals surface area contributed by atoms with Crippen molar-refractivity contribution in [1.29, 1.82) is 5.26 Å². The highest BCUT2D eigenvalue weighted by Crippen LogP contribution is 2.12. The number of ether oxygens (including phenoxy) is 1. The second kappa shape index (κ2) is 8.44. The zero-order valence-electron chi connectivity index (χ0n) is 11.8. The summed E-state index contributed by atoms with van der Waals surface area (Å²) in [6.07, 6.45) is 1.78. The van der Waals surface area contributed by atoms with E-state index >= 15 is 0 Å². The van der Waals surface area contributed by atoms with Crippen molar-refractivity contribution in [3.8, 4) is 6.07 Å². The number of carbonyl (C=O) groups excluding carboxylic acids is 1. The molecule has 8 heteroatoms. The van der Waals surface area contributed by atoms with Crippen molar-refractivity contribution in [2.45, 2.75) is 25.8 Å². The zero-order chi connectivity index (χ0) is 15.7. The van der Waals surface area contributed by atoms with Gasteiger partial charge in [0.1, 0.15) is 5.76 Å². The molecule has 0 radical (unpaired) electrons. The van der Waals surface area contributed by atoms with Crippen LogP contribution in [0.2, 0.25) is 0 Å². The van der Waals surface area contributed by atoms with Crippen LogP contribution in [0.4, 0.5) is 0 Å². The molecule has 0 N–H and O–H groups in total. The van der Waals surface area contributed by atoms with Crippen LogP contribution in [0.3, 0.4) is 0 Å². The first-order valence-electron chi connectivity index (χ1n) is 6.43. The van der Waals surface area contributed by atoms with Gasteiger partial charge < -0.3 is 9.15 Å². The van der Waals surface area contributed by atoms with Gasteiger partial charge in [0, 0.05) is 19.4 Å². The third-order valence-electron chi connectivity index (χ3n) is 2.79. The van der Waals surface area contributed by atoms with Gasteiger partial charge in [0.05, 0.1) is 31.7 Å². The number of hydrogen-bond acceptors (Lipinski definition) is 6. The van der Waals surface area contributed by atoms with E-state index in [2.05, 4.69) is 4.74 Å². The summed E-state index contributed by atoms with van der Waals surface area (Å²) in [5.74, 6) is -0.113. The van der Waals surface area contributed by atoms with Crippen LogP contribution in [0.1, 0.15) is 25.0 Å². The molecule has 116 valence electrons. The maximum atomic E-state index is 12.3. The number of esters is 1. The Morgan fingerprint density at radius 1 is 1.52 bits per heavy atom. The Hall–Kier alpha value is -1.85. The molecule has 1 aromatic heterocycles. The molecule has 1 rings (SSSR count). The van der Waals surface area contributed by atoms with Gasteiger partial charge in [-0.3, -0.25) is 4.79 Å². The van der Waals surface area contributed by atoms with Crippen LogP contribution < -0.4 is 0 Å². The normalized spacial score (nSPS) is 11.3. The van der Waals surface area contributed by atoms with E-state index < -0.39 is 16.0 Å². The van der Waals surface area contributed by atoms with Crippen LogP contribution in [0.25, 0.3) is 0 Å². The quantitative estimate of drug-likeness (QED) is 0.636. The summed E-state index contributed by atoms with van der Waals surface area (Å²) >= 11 is 0. The minimum Gasteiger partial charge on any atom is -0.469 e. The summed E-state index contributed by atoms with van der Waals surface area (Å²) < 4.78 is 35.3. The Balaban J connectivity index is 2.66. The van der Waals surface area contributed by atoms with Crippen molar-refractivity contribution >= 4 is 16.0 Å². The molecule has 0 aromatic carbocycles. The van der Waals surface area contributed by atoms with E-state index in [-0.39, 0.29) is 38.1 Å². The Morgan fingerprint density at radius 3 is 2.86 bits per heavy atom. The maximum absolute atomic E-state index is 12.3. The topological polar surface area (TPSA) is 101 Å². The molecule has 0 amide bonds. The van der Waals surface area contributed by atoms with E-state index in [0.29, 0.717) is 5.76 Å². The van der Waals surface area contributed by atoms with Crippen molar-refractivity contribution < 1.29 is 22.4 Å². The third-order valence-corrected chi connectivity index (χ3v) is 4.69. The van der Waals surface area contributed by atoms with Gasteiger partial charge in [0.15, 0.2) is 0 Å². The molecule has 0 bridgehead atoms. The molecule has 0 unspecified atom stereocenters. The number of hydrogen-bond donors (Lipinski definition) is 0. The zero-order valence-corrected chi connectivity index (χ0v) is 12.6. The maximum Gasteiger partial charge on any atom is 0.305 e. The van der Waals surface area contributed by atoms with Crippen molar-refractivity contribution in [2.75, 3.05) is 19.4 Å². The molecule has 21 heavy (non-hydrogen) atoms. The Kier molecular flexibility index (Phi) is 6.91. The van der Waals surface area contributed by atoms with E-state index in [1.165, 1.54) is 17.7 Å². The number of carbonyl (C=O) groups is 1. The van der Waals surface area contributed by atoms with Gasteiger partial charge in [-0.25, -0.2) is 8.42 Å². The molecule has 0 fully saturated rings. The number of nitrogens with zero attached hydrogens (tertiary/aromatic N) is 2. The van der Waals surface area contributed by atoms with Gasteiger partial charge >= 0.3 is 5.97 Å². The second-order valence-electron chi connectivity index (χ2n) is 4.32. The molecule has 0 aliphatic heterocycles. The molecule has 0 aliphatic carbocycles. The highest BCUT2D eigenvalue weighted by atomic mass is 32.2. The molecular weight excluding hydrogens is 296 g/mol. The predicted molar refractivity (Wildman–Crippen MR) is 74.4 cm³/mol. The van der Waals surface area contributed by atoms with Crippen LogP contribution in [0.5, 0.6) is 0 Å². The average Bonchev–Trinajstić information content (AvgIpc) is 2.95. The minimum absolute atomic E-state index is 0.0442. The number of rotatable bonds is 9. The monoisotopic (exact) mass is 314 g/mol. The first-order chi connectivity index (χ1) is 9.99. The molecular formula is C13H18N2O5S. The summed E-state index contributed by atoms with van der Waals surface area (Å²) in [4.78, 5) is 11.0. The van der Waals surface area contributed by atoms with E-state index in [9.17, 15) is 13.2 Å². The van der Waals surface area contributed by atoms with E-state index in [0.717, 1.165) is 0 Å². The first-order valence-corrected chi connectivity index (χ1v) is 8.04. The molecule has 0 atom stereocenters. The predicted octanol–water partition coefficient (Wildman–Crippen LogP) is 1.28. The van der Waals surface area contributed by atoms with Crippen molar-refractivity contribution in [3.63, 3.8) is 0 Å². The lowest BCUT2D eigenvalue weighted by Gasteiger charge is -2.19. The van der Waals surface area contributed by atoms with Crippen molar-refractivity contribution in [3.05, 3.63) is 24.2 Å². The summed E-state index contributed by atoms with van der Waals surface area (Å²) in [5, 5.41) is 8.63. The lowest BCUT2D eigenvalue weighted by Crippen LogP contribution is -2.33. The van der Waals surface area contributed by atoms with Crippen LogP contribution >= 0.6 is 0 Å². The van der Waals surface area contributed by atoms with Crippen molar-refractivity contribution in [1.82, 2.24) is 4.31 Å². The largest absolute Gasteiger partial charge is 0.469 e. The highest BCUT2D eigenvalue weighted by Gasteiger charge is 2.23. The van der Waals surface area contributed by atoms with Gasteiger partial charge in [0.25, 0.3) is 0 Å². The summed E-state index contributed by atoms with van der Waals surface area (Å²) in [6.45, 7) is 0.174. The van der Waals surface area contributed by atoms with E-state index in [1.807, 2.05) is 6.07 Å². The lowest BCUT2D eigenvalue weighted by atomic mass is 10.3. The molecule has 0 saturated carbocycles. The molecule has 7 nitrogen and oxygen atoms in total. The second-order valence-corrected chi connectivity index (χ2v) is 6.41. The fraction of sp³-hybridized carbons (Fsp3) is 0.538. The lowest BCUT2D eigenvalue weighted by molar-refractivity contribution is -0.140. The Bertz CT molecular complexity index is 574. The van der Waals surface area contributed by atoms with Crippen molar-refractivity contribution in [2.24, 2.45) is 0 Å².